The second-order valence-electron chi connectivity index (χ2n) is 5.64. The Morgan fingerprint density at radius 3 is 2.65 bits per heavy atom. The van der Waals surface area contributed by atoms with Crippen LogP contribution in [-0.2, 0) is 6.54 Å². The fourth-order valence-corrected chi connectivity index (χ4v) is 2.29. The molecule has 1 rings (SSSR count). The zero-order valence-corrected chi connectivity index (χ0v) is 11.7. The lowest BCUT2D eigenvalue weighted by atomic mass is 9.93. The predicted molar refractivity (Wildman–Crippen MR) is 73.0 cm³/mol. The van der Waals surface area contributed by atoms with Crippen LogP contribution in [0.4, 0.5) is 0 Å². The topological polar surface area (TPSA) is 28.2 Å². The third-order valence-electron chi connectivity index (χ3n) is 2.73. The summed E-state index contributed by atoms with van der Waals surface area (Å²) in [5.74, 6) is 0. The van der Waals surface area contributed by atoms with Crippen LogP contribution in [0.1, 0.15) is 25.2 Å². The number of pyridine rings is 1. The summed E-state index contributed by atoms with van der Waals surface area (Å²) in [4.78, 5) is 6.86. The van der Waals surface area contributed by atoms with E-state index in [1.165, 1.54) is 0 Å². The lowest BCUT2D eigenvalue weighted by molar-refractivity contribution is 0.200. The Labute approximate surface area is 105 Å². The van der Waals surface area contributed by atoms with E-state index in [9.17, 15) is 0 Å². The van der Waals surface area contributed by atoms with E-state index in [-0.39, 0.29) is 5.41 Å². The summed E-state index contributed by atoms with van der Waals surface area (Å²) in [5, 5.41) is 3.24. The predicted octanol–water partition coefficient (Wildman–Crippen LogP) is 2.07. The Hall–Kier alpha value is -0.930. The highest BCUT2D eigenvalue weighted by molar-refractivity contribution is 5.09. The van der Waals surface area contributed by atoms with Gasteiger partial charge in [-0.3, -0.25) is 9.88 Å². The molecule has 0 amide bonds. The van der Waals surface area contributed by atoms with E-state index in [0.29, 0.717) is 0 Å². The van der Waals surface area contributed by atoms with Crippen LogP contribution in [0.25, 0.3) is 0 Å². The smallest absolute Gasteiger partial charge is 0.0547 e. The first kappa shape index (κ1) is 14.1. The van der Waals surface area contributed by atoms with Gasteiger partial charge in [-0.2, -0.15) is 0 Å². The van der Waals surface area contributed by atoms with Crippen molar-refractivity contribution in [3.63, 3.8) is 0 Å². The lowest BCUT2D eigenvalue weighted by Crippen LogP contribution is -2.37. The minimum absolute atomic E-state index is 0.285. The molecular formula is C14H25N3. The van der Waals surface area contributed by atoms with Crippen LogP contribution in [0.2, 0.25) is 0 Å². The van der Waals surface area contributed by atoms with Gasteiger partial charge in [-0.15, -0.1) is 0 Å². The summed E-state index contributed by atoms with van der Waals surface area (Å²) in [6, 6.07) is 6.20. The highest BCUT2D eigenvalue weighted by Crippen LogP contribution is 2.16. The summed E-state index contributed by atoms with van der Waals surface area (Å²) in [6.45, 7) is 9.60. The zero-order valence-electron chi connectivity index (χ0n) is 11.7. The van der Waals surface area contributed by atoms with Gasteiger partial charge in [0.15, 0.2) is 0 Å². The normalized spacial score (nSPS) is 12.1. The molecule has 96 valence electrons. The first-order chi connectivity index (χ1) is 7.93. The van der Waals surface area contributed by atoms with Crippen molar-refractivity contribution < 1.29 is 0 Å². The second kappa shape index (κ2) is 6.12. The number of aromatic nitrogens is 1. The molecule has 0 aliphatic carbocycles. The SMILES string of the molecule is CNCC(C)(C)CN(C)Cc1cccc(C)n1. The number of nitrogens with one attached hydrogen (secondary N) is 1. The maximum absolute atomic E-state index is 4.53. The van der Waals surface area contributed by atoms with Crippen LogP contribution in [0, 0.1) is 12.3 Å². The first-order valence-corrected chi connectivity index (χ1v) is 6.19. The molecular weight excluding hydrogens is 210 g/mol. The lowest BCUT2D eigenvalue weighted by Gasteiger charge is -2.30. The molecule has 0 bridgehead atoms. The van der Waals surface area contributed by atoms with E-state index in [1.807, 2.05) is 20.0 Å². The Balaban J connectivity index is 2.52. The van der Waals surface area contributed by atoms with Crippen molar-refractivity contribution in [2.75, 3.05) is 27.2 Å². The molecule has 0 saturated heterocycles. The molecule has 1 N–H and O–H groups in total. The maximum Gasteiger partial charge on any atom is 0.0547 e. The van der Waals surface area contributed by atoms with Gasteiger partial charge in [-0.25, -0.2) is 0 Å². The monoisotopic (exact) mass is 235 g/mol. The van der Waals surface area contributed by atoms with Gasteiger partial charge in [0.05, 0.1) is 5.69 Å². The molecule has 3 nitrogen and oxygen atoms in total. The van der Waals surface area contributed by atoms with Crippen molar-refractivity contribution in [3.05, 3.63) is 29.6 Å². The Morgan fingerprint density at radius 2 is 2.06 bits per heavy atom. The van der Waals surface area contributed by atoms with E-state index >= 15 is 0 Å². The molecule has 0 aliphatic heterocycles. The molecule has 17 heavy (non-hydrogen) atoms. The maximum atomic E-state index is 4.53. The standard InChI is InChI=1S/C14H25N3/c1-12-7-6-8-13(16-12)9-17(5)11-14(2,3)10-15-4/h6-8,15H,9-11H2,1-5H3. The average molecular weight is 235 g/mol. The van der Waals surface area contributed by atoms with Gasteiger partial charge in [0, 0.05) is 25.3 Å². The average Bonchev–Trinajstić information content (AvgIpc) is 2.15. The molecule has 0 aromatic carbocycles. The molecule has 0 spiro atoms. The zero-order chi connectivity index (χ0) is 12.9. The highest BCUT2D eigenvalue weighted by atomic mass is 15.1. The third-order valence-corrected chi connectivity index (χ3v) is 2.73. The molecule has 0 atom stereocenters. The molecule has 1 heterocycles. The van der Waals surface area contributed by atoms with Crippen LogP contribution >= 0.6 is 0 Å². The number of hydrogen-bond acceptors (Lipinski definition) is 3. The third kappa shape index (κ3) is 5.29. The Morgan fingerprint density at radius 1 is 1.35 bits per heavy atom. The van der Waals surface area contributed by atoms with Gasteiger partial charge in [0.1, 0.15) is 0 Å². The summed E-state index contributed by atoms with van der Waals surface area (Å²) in [6.07, 6.45) is 0. The molecule has 0 unspecified atom stereocenters. The van der Waals surface area contributed by atoms with Crippen molar-refractivity contribution in [1.29, 1.82) is 0 Å². The van der Waals surface area contributed by atoms with Gasteiger partial charge in [-0.05, 0) is 38.6 Å². The van der Waals surface area contributed by atoms with Crippen LogP contribution < -0.4 is 5.32 Å². The molecule has 1 aromatic heterocycles. The van der Waals surface area contributed by atoms with E-state index in [1.54, 1.807) is 0 Å². The minimum atomic E-state index is 0.285. The van der Waals surface area contributed by atoms with Crippen LogP contribution in [0.15, 0.2) is 18.2 Å². The fourth-order valence-electron chi connectivity index (χ4n) is 2.29. The fraction of sp³-hybridized carbons (Fsp3) is 0.643. The molecule has 0 aliphatic rings. The van der Waals surface area contributed by atoms with Crippen LogP contribution in [0.3, 0.4) is 0 Å². The minimum Gasteiger partial charge on any atom is -0.319 e. The van der Waals surface area contributed by atoms with Crippen molar-refractivity contribution in [1.82, 2.24) is 15.2 Å². The second-order valence-corrected chi connectivity index (χ2v) is 5.64. The van der Waals surface area contributed by atoms with Crippen LogP contribution in [-0.4, -0.2) is 37.1 Å². The summed E-state index contributed by atoms with van der Waals surface area (Å²) < 4.78 is 0. The quantitative estimate of drug-likeness (QED) is 0.818. The van der Waals surface area contributed by atoms with Gasteiger partial charge in [0.25, 0.3) is 0 Å². The number of aryl methyl sites for hydroxylation is 1. The summed E-state index contributed by atoms with van der Waals surface area (Å²) >= 11 is 0. The van der Waals surface area contributed by atoms with Crippen molar-refractivity contribution in [2.24, 2.45) is 5.41 Å². The number of rotatable bonds is 6. The summed E-state index contributed by atoms with van der Waals surface area (Å²) in [7, 11) is 4.16. The van der Waals surface area contributed by atoms with E-state index < -0.39 is 0 Å². The van der Waals surface area contributed by atoms with Crippen molar-refractivity contribution >= 4 is 0 Å². The first-order valence-electron chi connectivity index (χ1n) is 6.19. The highest BCUT2D eigenvalue weighted by Gasteiger charge is 2.19. The van der Waals surface area contributed by atoms with Crippen molar-refractivity contribution in [3.8, 4) is 0 Å². The largest absolute Gasteiger partial charge is 0.319 e. The van der Waals surface area contributed by atoms with Gasteiger partial charge < -0.3 is 5.32 Å². The van der Waals surface area contributed by atoms with E-state index in [2.05, 4.69) is 48.2 Å². The molecule has 3 heteroatoms. The van der Waals surface area contributed by atoms with Gasteiger partial charge in [-0.1, -0.05) is 19.9 Å². The Bertz CT molecular complexity index is 347. The summed E-state index contributed by atoms with van der Waals surface area (Å²) in [5.41, 5.74) is 2.52. The molecule has 0 radical (unpaired) electrons. The Kier molecular flexibility index (Phi) is 5.09. The molecule has 0 fully saturated rings. The van der Waals surface area contributed by atoms with E-state index in [4.69, 9.17) is 0 Å². The number of hydrogen-bond donors (Lipinski definition) is 1. The number of nitrogens with zero attached hydrogens (tertiary/aromatic N) is 2. The van der Waals surface area contributed by atoms with Gasteiger partial charge in [0.2, 0.25) is 0 Å². The molecule has 1 aromatic rings. The molecule has 0 saturated carbocycles. The van der Waals surface area contributed by atoms with Crippen LogP contribution in [0.5, 0.6) is 0 Å². The van der Waals surface area contributed by atoms with Crippen molar-refractivity contribution in [2.45, 2.75) is 27.3 Å². The van der Waals surface area contributed by atoms with E-state index in [0.717, 1.165) is 31.0 Å². The van der Waals surface area contributed by atoms with Gasteiger partial charge >= 0.3 is 0 Å².